The zero-order valence-corrected chi connectivity index (χ0v) is 9.80. The number of nitrogen functional groups attached to an aromatic ring is 1. The normalized spacial score (nSPS) is 10.4. The number of nitrogens with one attached hydrogen (secondary N) is 1. The summed E-state index contributed by atoms with van der Waals surface area (Å²) in [5, 5.41) is 5.70. The van der Waals surface area contributed by atoms with Gasteiger partial charge in [-0.3, -0.25) is 0 Å². The van der Waals surface area contributed by atoms with Crippen LogP contribution in [0.15, 0.2) is 60.8 Å². The Morgan fingerprint density at radius 3 is 2.56 bits per heavy atom. The van der Waals surface area contributed by atoms with E-state index in [-0.39, 0.29) is 0 Å². The lowest BCUT2D eigenvalue weighted by molar-refractivity contribution is 1.33. The highest BCUT2D eigenvalue weighted by Gasteiger charge is 2.00. The Morgan fingerprint density at radius 2 is 1.72 bits per heavy atom. The zero-order valence-electron chi connectivity index (χ0n) is 9.80. The molecule has 3 heteroatoms. The van der Waals surface area contributed by atoms with E-state index in [4.69, 9.17) is 5.73 Å². The van der Waals surface area contributed by atoms with E-state index < -0.39 is 0 Å². The van der Waals surface area contributed by atoms with Crippen molar-refractivity contribution in [1.82, 2.24) is 4.98 Å². The van der Waals surface area contributed by atoms with Gasteiger partial charge in [0.1, 0.15) is 5.82 Å². The summed E-state index contributed by atoms with van der Waals surface area (Å²) in [7, 11) is 0. The molecule has 3 aromatic rings. The zero-order chi connectivity index (χ0) is 12.4. The molecule has 1 aromatic heterocycles. The first-order chi connectivity index (χ1) is 8.83. The summed E-state index contributed by atoms with van der Waals surface area (Å²) in [6, 6.07) is 18.3. The third-order valence-corrected chi connectivity index (χ3v) is 2.87. The molecule has 0 spiro atoms. The van der Waals surface area contributed by atoms with Crippen LogP contribution in [0.25, 0.3) is 10.8 Å². The van der Waals surface area contributed by atoms with E-state index >= 15 is 0 Å². The number of aromatic nitrogens is 1. The maximum absolute atomic E-state index is 5.81. The van der Waals surface area contributed by atoms with E-state index in [0.29, 0.717) is 5.82 Å². The topological polar surface area (TPSA) is 50.9 Å². The maximum atomic E-state index is 5.81. The molecular formula is C15H13N3. The number of hydrogen-bond donors (Lipinski definition) is 2. The predicted octanol–water partition coefficient (Wildman–Crippen LogP) is 3.56. The second-order valence-corrected chi connectivity index (χ2v) is 4.12. The van der Waals surface area contributed by atoms with Crippen molar-refractivity contribution in [2.24, 2.45) is 0 Å². The number of nitrogens with two attached hydrogens (primary N) is 1. The molecule has 3 nitrogen and oxygen atoms in total. The van der Waals surface area contributed by atoms with Gasteiger partial charge < -0.3 is 11.1 Å². The molecule has 0 amide bonds. The van der Waals surface area contributed by atoms with E-state index in [1.807, 2.05) is 30.3 Å². The summed E-state index contributed by atoms with van der Waals surface area (Å²) in [4.78, 5) is 4.05. The van der Waals surface area contributed by atoms with Crippen LogP contribution in [0.2, 0.25) is 0 Å². The highest BCUT2D eigenvalue weighted by atomic mass is 15.0. The number of nitrogens with zero attached hydrogens (tertiary/aromatic N) is 1. The second kappa shape index (κ2) is 4.37. The van der Waals surface area contributed by atoms with E-state index in [1.165, 1.54) is 10.8 Å². The SMILES string of the molecule is Nc1ncccc1Nc1ccc2ccccc2c1. The summed E-state index contributed by atoms with van der Waals surface area (Å²) in [5.41, 5.74) is 7.64. The van der Waals surface area contributed by atoms with Gasteiger partial charge in [-0.25, -0.2) is 4.98 Å². The number of hydrogen-bond acceptors (Lipinski definition) is 3. The van der Waals surface area contributed by atoms with Gasteiger partial charge in [-0.05, 0) is 35.0 Å². The fourth-order valence-corrected chi connectivity index (χ4v) is 1.95. The predicted molar refractivity (Wildman–Crippen MR) is 75.9 cm³/mol. The van der Waals surface area contributed by atoms with Gasteiger partial charge in [-0.1, -0.05) is 30.3 Å². The van der Waals surface area contributed by atoms with Gasteiger partial charge in [0.05, 0.1) is 5.69 Å². The van der Waals surface area contributed by atoms with Crippen molar-refractivity contribution in [2.45, 2.75) is 0 Å². The van der Waals surface area contributed by atoms with E-state index in [0.717, 1.165) is 11.4 Å². The van der Waals surface area contributed by atoms with Crippen LogP contribution in [0, 0.1) is 0 Å². The Hall–Kier alpha value is -2.55. The highest BCUT2D eigenvalue weighted by Crippen LogP contribution is 2.24. The van der Waals surface area contributed by atoms with Crippen molar-refractivity contribution in [2.75, 3.05) is 11.1 Å². The smallest absolute Gasteiger partial charge is 0.147 e. The van der Waals surface area contributed by atoms with Gasteiger partial charge in [-0.2, -0.15) is 0 Å². The van der Waals surface area contributed by atoms with Crippen LogP contribution in [0.4, 0.5) is 17.2 Å². The van der Waals surface area contributed by atoms with Crippen LogP contribution in [0.1, 0.15) is 0 Å². The minimum Gasteiger partial charge on any atom is -0.382 e. The summed E-state index contributed by atoms with van der Waals surface area (Å²) in [5.74, 6) is 0.505. The first-order valence-corrected chi connectivity index (χ1v) is 5.79. The van der Waals surface area contributed by atoms with Gasteiger partial charge >= 0.3 is 0 Å². The summed E-state index contributed by atoms with van der Waals surface area (Å²) < 4.78 is 0. The van der Waals surface area contributed by atoms with E-state index in [9.17, 15) is 0 Å². The summed E-state index contributed by atoms with van der Waals surface area (Å²) in [6.07, 6.45) is 1.68. The van der Waals surface area contributed by atoms with Gasteiger partial charge in [-0.15, -0.1) is 0 Å². The van der Waals surface area contributed by atoms with Crippen LogP contribution in [-0.2, 0) is 0 Å². The molecule has 0 aliphatic carbocycles. The van der Waals surface area contributed by atoms with E-state index in [1.54, 1.807) is 6.20 Å². The lowest BCUT2D eigenvalue weighted by Crippen LogP contribution is -1.97. The Balaban J connectivity index is 1.98. The first kappa shape index (κ1) is 10.6. The minimum absolute atomic E-state index is 0.505. The number of anilines is 3. The molecule has 0 aliphatic heterocycles. The summed E-state index contributed by atoms with van der Waals surface area (Å²) in [6.45, 7) is 0. The molecule has 0 saturated carbocycles. The number of rotatable bonds is 2. The van der Waals surface area contributed by atoms with Crippen molar-refractivity contribution in [3.8, 4) is 0 Å². The monoisotopic (exact) mass is 235 g/mol. The Kier molecular flexibility index (Phi) is 2.57. The number of fused-ring (bicyclic) bond motifs is 1. The van der Waals surface area contributed by atoms with Crippen molar-refractivity contribution in [3.05, 3.63) is 60.8 Å². The molecule has 3 N–H and O–H groups in total. The third-order valence-electron chi connectivity index (χ3n) is 2.87. The largest absolute Gasteiger partial charge is 0.382 e. The molecular weight excluding hydrogens is 222 g/mol. The lowest BCUT2D eigenvalue weighted by atomic mass is 10.1. The van der Waals surface area contributed by atoms with Gasteiger partial charge in [0.15, 0.2) is 0 Å². The fourth-order valence-electron chi connectivity index (χ4n) is 1.95. The standard InChI is InChI=1S/C15H13N3/c16-15-14(6-3-9-17-15)18-13-8-7-11-4-1-2-5-12(11)10-13/h1-10,18H,(H2,16,17). The second-order valence-electron chi connectivity index (χ2n) is 4.12. The highest BCUT2D eigenvalue weighted by molar-refractivity contribution is 5.87. The molecule has 0 aliphatic rings. The van der Waals surface area contributed by atoms with Crippen molar-refractivity contribution in [1.29, 1.82) is 0 Å². The van der Waals surface area contributed by atoms with Gasteiger partial charge in [0.2, 0.25) is 0 Å². The molecule has 0 fully saturated rings. The minimum atomic E-state index is 0.505. The van der Waals surface area contributed by atoms with Crippen molar-refractivity contribution < 1.29 is 0 Å². The van der Waals surface area contributed by atoms with Crippen molar-refractivity contribution >= 4 is 28.0 Å². The van der Waals surface area contributed by atoms with Gasteiger partial charge in [0.25, 0.3) is 0 Å². The van der Waals surface area contributed by atoms with Crippen LogP contribution in [-0.4, -0.2) is 4.98 Å². The molecule has 2 aromatic carbocycles. The van der Waals surface area contributed by atoms with E-state index in [2.05, 4.69) is 34.6 Å². The average Bonchev–Trinajstić information content (AvgIpc) is 2.41. The van der Waals surface area contributed by atoms with Crippen LogP contribution in [0.5, 0.6) is 0 Å². The van der Waals surface area contributed by atoms with Crippen molar-refractivity contribution in [3.63, 3.8) is 0 Å². The molecule has 0 radical (unpaired) electrons. The Bertz CT molecular complexity index is 692. The molecule has 88 valence electrons. The van der Waals surface area contributed by atoms with Gasteiger partial charge in [0, 0.05) is 11.9 Å². The quantitative estimate of drug-likeness (QED) is 0.714. The third kappa shape index (κ3) is 1.98. The molecule has 0 saturated heterocycles. The number of pyridine rings is 1. The first-order valence-electron chi connectivity index (χ1n) is 5.79. The lowest BCUT2D eigenvalue weighted by Gasteiger charge is -2.09. The Morgan fingerprint density at radius 1 is 0.889 bits per heavy atom. The molecule has 3 rings (SSSR count). The van der Waals surface area contributed by atoms with Crippen LogP contribution >= 0.6 is 0 Å². The maximum Gasteiger partial charge on any atom is 0.147 e. The fraction of sp³-hybridized carbons (Fsp3) is 0. The molecule has 0 atom stereocenters. The molecule has 18 heavy (non-hydrogen) atoms. The molecule has 1 heterocycles. The molecule has 0 bridgehead atoms. The molecule has 0 unspecified atom stereocenters. The number of benzene rings is 2. The average molecular weight is 235 g/mol. The Labute approximate surface area is 105 Å². The van der Waals surface area contributed by atoms with Crippen LogP contribution in [0.3, 0.4) is 0 Å². The van der Waals surface area contributed by atoms with Crippen LogP contribution < -0.4 is 11.1 Å². The summed E-state index contributed by atoms with van der Waals surface area (Å²) >= 11 is 0.